The zero-order valence-electron chi connectivity index (χ0n) is 7.24. The molecular weight excluding hydrogens is 164 g/mol. The van der Waals surface area contributed by atoms with Gasteiger partial charge in [-0.3, -0.25) is 0 Å². The maximum Gasteiger partial charge on any atom is 0.174 e. The van der Waals surface area contributed by atoms with Gasteiger partial charge in [-0.1, -0.05) is 12.1 Å². The highest BCUT2D eigenvalue weighted by Crippen LogP contribution is 2.22. The molecule has 0 heterocycles. The van der Waals surface area contributed by atoms with Gasteiger partial charge in [0, 0.05) is 0 Å². The van der Waals surface area contributed by atoms with E-state index in [2.05, 4.69) is 0 Å². The minimum Gasteiger partial charge on any atom is -0.477 e. The van der Waals surface area contributed by atoms with Crippen LogP contribution >= 0.6 is 0 Å². The molecule has 0 amide bonds. The van der Waals surface area contributed by atoms with Crippen LogP contribution in [0.4, 0.5) is 0 Å². The minimum atomic E-state index is -0.0282. The average molecular weight is 172 g/mol. The van der Waals surface area contributed by atoms with Crippen LogP contribution in [0.5, 0.6) is 5.75 Å². The number of ether oxygens (including phenoxy) is 1. The van der Waals surface area contributed by atoms with Crippen LogP contribution < -0.4 is 4.74 Å². The molecule has 3 nitrogen and oxygen atoms in total. The molecule has 1 aromatic rings. The van der Waals surface area contributed by atoms with E-state index in [4.69, 9.17) is 15.3 Å². The first-order valence-corrected chi connectivity index (χ1v) is 3.79. The van der Waals surface area contributed by atoms with E-state index in [9.17, 15) is 0 Å². The van der Waals surface area contributed by atoms with Gasteiger partial charge in [-0.15, -0.1) is 0 Å². The number of para-hydroxylation sites is 1. The Morgan fingerprint density at radius 1 is 1.38 bits per heavy atom. The molecule has 0 saturated carbocycles. The lowest BCUT2D eigenvalue weighted by Gasteiger charge is -2.06. The molecule has 0 aliphatic heterocycles. The summed E-state index contributed by atoms with van der Waals surface area (Å²) in [4.78, 5) is 0. The van der Waals surface area contributed by atoms with E-state index >= 15 is 0 Å². The number of hydrogen-bond acceptors (Lipinski definition) is 3. The van der Waals surface area contributed by atoms with Gasteiger partial charge in [-0.2, -0.15) is 10.5 Å². The molecule has 0 aliphatic carbocycles. The molecule has 0 spiro atoms. The fourth-order valence-corrected chi connectivity index (χ4v) is 1.04. The molecule has 0 aliphatic rings. The Morgan fingerprint density at radius 3 is 2.77 bits per heavy atom. The molecule has 3 heteroatoms. The van der Waals surface area contributed by atoms with Gasteiger partial charge in [-0.25, -0.2) is 0 Å². The molecular formula is C10H8N2O. The minimum absolute atomic E-state index is 0.0282. The third kappa shape index (κ3) is 1.98. The summed E-state index contributed by atoms with van der Waals surface area (Å²) in [5.74, 6) is 0.506. The van der Waals surface area contributed by atoms with Crippen LogP contribution in [0.15, 0.2) is 18.2 Å². The fraction of sp³-hybridized carbons (Fsp3) is 0.200. The topological polar surface area (TPSA) is 56.8 Å². The van der Waals surface area contributed by atoms with Gasteiger partial charge >= 0.3 is 0 Å². The smallest absolute Gasteiger partial charge is 0.174 e. The number of rotatable bonds is 2. The van der Waals surface area contributed by atoms with Crippen LogP contribution in [0, 0.1) is 29.6 Å². The first kappa shape index (κ1) is 9.09. The number of hydrogen-bond donors (Lipinski definition) is 0. The van der Waals surface area contributed by atoms with Gasteiger partial charge in [-0.05, 0) is 18.6 Å². The Labute approximate surface area is 76.8 Å². The highest BCUT2D eigenvalue weighted by molar-refractivity contribution is 5.47. The average Bonchev–Trinajstić information content (AvgIpc) is 2.15. The molecule has 0 aromatic heterocycles. The number of benzene rings is 1. The largest absolute Gasteiger partial charge is 0.477 e. The first-order valence-electron chi connectivity index (χ1n) is 3.79. The Kier molecular flexibility index (Phi) is 2.89. The molecule has 0 fully saturated rings. The van der Waals surface area contributed by atoms with E-state index in [0.717, 1.165) is 5.56 Å². The first-order chi connectivity index (χ1) is 6.29. The molecule has 0 radical (unpaired) electrons. The molecule has 0 N–H and O–H groups in total. The van der Waals surface area contributed by atoms with Crippen LogP contribution in [0.2, 0.25) is 0 Å². The van der Waals surface area contributed by atoms with Crippen molar-refractivity contribution in [3.05, 3.63) is 29.3 Å². The molecule has 1 aromatic carbocycles. The molecule has 0 bridgehead atoms. The van der Waals surface area contributed by atoms with E-state index in [1.165, 1.54) is 0 Å². The van der Waals surface area contributed by atoms with E-state index < -0.39 is 0 Å². The number of aryl methyl sites for hydroxylation is 1. The van der Waals surface area contributed by atoms with Gasteiger partial charge in [0.05, 0.1) is 5.56 Å². The van der Waals surface area contributed by atoms with Crippen LogP contribution in [-0.2, 0) is 0 Å². The van der Waals surface area contributed by atoms with Gasteiger partial charge in [0.15, 0.2) is 6.61 Å². The van der Waals surface area contributed by atoms with E-state index in [-0.39, 0.29) is 6.61 Å². The summed E-state index contributed by atoms with van der Waals surface area (Å²) in [6.07, 6.45) is 0. The van der Waals surface area contributed by atoms with E-state index in [1.54, 1.807) is 12.1 Å². The van der Waals surface area contributed by atoms with Crippen LogP contribution in [0.1, 0.15) is 11.1 Å². The van der Waals surface area contributed by atoms with E-state index in [0.29, 0.717) is 11.3 Å². The molecule has 1 rings (SSSR count). The Bertz CT molecular complexity index is 385. The molecule has 0 saturated heterocycles. The van der Waals surface area contributed by atoms with Crippen LogP contribution in [0.3, 0.4) is 0 Å². The van der Waals surface area contributed by atoms with Gasteiger partial charge < -0.3 is 4.74 Å². The fourth-order valence-electron chi connectivity index (χ4n) is 1.04. The van der Waals surface area contributed by atoms with Gasteiger partial charge in [0.2, 0.25) is 0 Å². The second-order valence-corrected chi connectivity index (χ2v) is 2.51. The SMILES string of the molecule is Cc1cccc(C#N)c1OCC#N. The van der Waals surface area contributed by atoms with Crippen LogP contribution in [0.25, 0.3) is 0 Å². The van der Waals surface area contributed by atoms with Crippen molar-refractivity contribution in [3.8, 4) is 17.9 Å². The number of nitrogens with zero attached hydrogens (tertiary/aromatic N) is 2. The van der Waals surface area contributed by atoms with Gasteiger partial charge in [0.25, 0.3) is 0 Å². The van der Waals surface area contributed by atoms with Crippen molar-refractivity contribution in [3.63, 3.8) is 0 Å². The quantitative estimate of drug-likeness (QED) is 0.683. The monoisotopic (exact) mass is 172 g/mol. The molecule has 64 valence electrons. The summed E-state index contributed by atoms with van der Waals surface area (Å²) < 4.78 is 5.12. The second-order valence-electron chi connectivity index (χ2n) is 2.51. The lowest BCUT2D eigenvalue weighted by molar-refractivity contribution is 0.364. The van der Waals surface area contributed by atoms with Crippen molar-refractivity contribution in [2.24, 2.45) is 0 Å². The highest BCUT2D eigenvalue weighted by Gasteiger charge is 2.04. The summed E-state index contributed by atoms with van der Waals surface area (Å²) in [5, 5.41) is 17.1. The number of nitriles is 2. The third-order valence-electron chi connectivity index (χ3n) is 1.61. The van der Waals surface area contributed by atoms with E-state index in [1.807, 2.05) is 25.1 Å². The summed E-state index contributed by atoms with van der Waals surface area (Å²) in [6.45, 7) is 1.81. The summed E-state index contributed by atoms with van der Waals surface area (Å²) in [5.41, 5.74) is 1.34. The maximum absolute atomic E-state index is 8.73. The second kappa shape index (κ2) is 4.13. The maximum atomic E-state index is 8.73. The van der Waals surface area contributed by atoms with Gasteiger partial charge in [0.1, 0.15) is 17.9 Å². The molecule has 13 heavy (non-hydrogen) atoms. The van der Waals surface area contributed by atoms with Crippen molar-refractivity contribution in [2.45, 2.75) is 6.92 Å². The Hall–Kier alpha value is -2.00. The Balaban J connectivity index is 3.04. The lowest BCUT2D eigenvalue weighted by Crippen LogP contribution is -1.97. The lowest BCUT2D eigenvalue weighted by atomic mass is 10.1. The molecule has 0 unspecified atom stereocenters. The summed E-state index contributed by atoms with van der Waals surface area (Å²) in [7, 11) is 0. The Morgan fingerprint density at radius 2 is 2.15 bits per heavy atom. The standard InChI is InChI=1S/C10H8N2O/c1-8-3-2-4-9(7-12)10(8)13-6-5-11/h2-4H,6H2,1H3. The summed E-state index contributed by atoms with van der Waals surface area (Å²) >= 11 is 0. The van der Waals surface area contributed by atoms with Crippen molar-refractivity contribution < 1.29 is 4.74 Å². The van der Waals surface area contributed by atoms with Crippen LogP contribution in [-0.4, -0.2) is 6.61 Å². The van der Waals surface area contributed by atoms with Crippen molar-refractivity contribution >= 4 is 0 Å². The third-order valence-corrected chi connectivity index (χ3v) is 1.61. The predicted molar refractivity (Wildman–Crippen MR) is 47.0 cm³/mol. The van der Waals surface area contributed by atoms with Crippen molar-refractivity contribution in [1.29, 1.82) is 10.5 Å². The molecule has 0 atom stereocenters. The highest BCUT2D eigenvalue weighted by atomic mass is 16.5. The summed E-state index contributed by atoms with van der Waals surface area (Å²) in [6, 6.07) is 9.17. The van der Waals surface area contributed by atoms with Crippen molar-refractivity contribution in [2.75, 3.05) is 6.61 Å². The zero-order chi connectivity index (χ0) is 9.68. The normalized spacial score (nSPS) is 8.54. The predicted octanol–water partition coefficient (Wildman–Crippen LogP) is 1.77. The van der Waals surface area contributed by atoms with Crippen molar-refractivity contribution in [1.82, 2.24) is 0 Å². The zero-order valence-corrected chi connectivity index (χ0v) is 7.24.